The third kappa shape index (κ3) is 11.5. The van der Waals surface area contributed by atoms with Gasteiger partial charge in [0, 0.05) is 0 Å². The second-order valence-corrected chi connectivity index (χ2v) is 3.38. The van der Waals surface area contributed by atoms with Gasteiger partial charge in [0.1, 0.15) is 0 Å². The molecule has 0 aliphatic carbocycles. The predicted octanol–water partition coefficient (Wildman–Crippen LogP) is -0.136. The van der Waals surface area contributed by atoms with Crippen LogP contribution in [0, 0.1) is 0 Å². The van der Waals surface area contributed by atoms with Crippen LogP contribution in [0.3, 0.4) is 0 Å². The quantitative estimate of drug-likeness (QED) is 0.321. The molecule has 0 aliphatic rings. The molecule has 0 saturated carbocycles. The summed E-state index contributed by atoms with van der Waals surface area (Å²) in [5, 5.41) is 25.4. The van der Waals surface area contributed by atoms with Crippen molar-refractivity contribution < 1.29 is 29.6 Å². The van der Waals surface area contributed by atoms with E-state index in [1.165, 1.54) is 7.11 Å². The van der Waals surface area contributed by atoms with Gasteiger partial charge in [0.2, 0.25) is 0 Å². The summed E-state index contributed by atoms with van der Waals surface area (Å²) in [5.74, 6) is -0.536. The van der Waals surface area contributed by atoms with E-state index in [0.29, 0.717) is 19.6 Å². The van der Waals surface area contributed by atoms with E-state index in [0.717, 1.165) is 6.42 Å². The summed E-state index contributed by atoms with van der Waals surface area (Å²) in [7, 11) is 1.27. The summed E-state index contributed by atoms with van der Waals surface area (Å²) in [4.78, 5) is 10.7. The first-order chi connectivity index (χ1) is 8.54. The first kappa shape index (κ1) is 19.4. The lowest BCUT2D eigenvalue weighted by molar-refractivity contribution is -0.137. The first-order valence-electron chi connectivity index (χ1n) is 5.79. The summed E-state index contributed by atoms with van der Waals surface area (Å²) in [5.41, 5.74) is 0.134. The van der Waals surface area contributed by atoms with Crippen molar-refractivity contribution in [1.29, 1.82) is 0 Å². The van der Waals surface area contributed by atoms with Crippen molar-refractivity contribution in [3.8, 4) is 0 Å². The van der Waals surface area contributed by atoms with Gasteiger partial charge < -0.3 is 24.8 Å². The number of carbonyl (C=O) groups is 1. The Labute approximate surface area is 108 Å². The fourth-order valence-electron chi connectivity index (χ4n) is 0.946. The van der Waals surface area contributed by atoms with Crippen molar-refractivity contribution in [1.82, 2.24) is 0 Å². The van der Waals surface area contributed by atoms with Gasteiger partial charge in [0.05, 0.1) is 45.2 Å². The average Bonchev–Trinajstić information content (AvgIpc) is 2.38. The van der Waals surface area contributed by atoms with Gasteiger partial charge in [-0.3, -0.25) is 0 Å². The van der Waals surface area contributed by atoms with E-state index in [4.69, 9.17) is 10.2 Å². The van der Waals surface area contributed by atoms with Crippen molar-refractivity contribution in [2.75, 3.05) is 33.5 Å². The Morgan fingerprint density at radius 3 is 2.11 bits per heavy atom. The number of hydrogen-bond donors (Lipinski definition) is 3. The van der Waals surface area contributed by atoms with Crippen LogP contribution < -0.4 is 0 Å². The lowest BCUT2D eigenvalue weighted by Crippen LogP contribution is -2.17. The van der Waals surface area contributed by atoms with Gasteiger partial charge >= 0.3 is 5.97 Å². The van der Waals surface area contributed by atoms with Crippen LogP contribution in [0.5, 0.6) is 0 Å². The molecule has 0 fully saturated rings. The molecule has 18 heavy (non-hydrogen) atoms. The number of methoxy groups -OCH3 is 1. The molecule has 108 valence electrons. The second-order valence-electron chi connectivity index (χ2n) is 3.38. The van der Waals surface area contributed by atoms with Crippen molar-refractivity contribution in [2.24, 2.45) is 0 Å². The zero-order valence-corrected chi connectivity index (χ0v) is 11.1. The fourth-order valence-corrected chi connectivity index (χ4v) is 0.946. The van der Waals surface area contributed by atoms with Crippen LogP contribution in [0.4, 0.5) is 0 Å². The molecule has 6 nitrogen and oxygen atoms in total. The summed E-state index contributed by atoms with van der Waals surface area (Å²) >= 11 is 0. The number of carbonyl (C=O) groups excluding carboxylic acids is 1. The molecule has 0 radical (unpaired) electrons. The van der Waals surface area contributed by atoms with Gasteiger partial charge in [0.15, 0.2) is 0 Å². The molecule has 6 heteroatoms. The van der Waals surface area contributed by atoms with Crippen LogP contribution in [-0.2, 0) is 14.3 Å². The van der Waals surface area contributed by atoms with Gasteiger partial charge in [-0.25, -0.2) is 4.79 Å². The molecular weight excluding hydrogens is 240 g/mol. The van der Waals surface area contributed by atoms with Crippen molar-refractivity contribution in [2.45, 2.75) is 25.9 Å². The molecule has 0 aromatic carbocycles. The van der Waals surface area contributed by atoms with E-state index in [1.807, 2.05) is 6.92 Å². The van der Waals surface area contributed by atoms with E-state index in [1.54, 1.807) is 0 Å². The Balaban J connectivity index is 0. The Kier molecular flexibility index (Phi) is 15.2. The van der Waals surface area contributed by atoms with Crippen molar-refractivity contribution >= 4 is 5.97 Å². The van der Waals surface area contributed by atoms with Crippen molar-refractivity contribution in [3.63, 3.8) is 0 Å². The van der Waals surface area contributed by atoms with Crippen LogP contribution >= 0.6 is 0 Å². The minimum Gasteiger partial charge on any atom is -0.466 e. The third-order valence-corrected chi connectivity index (χ3v) is 1.88. The molecular formula is C12H24O6. The number of ether oxygens (including phenoxy) is 2. The van der Waals surface area contributed by atoms with Gasteiger partial charge in [-0.2, -0.15) is 0 Å². The smallest absolute Gasteiger partial charge is 0.335 e. The second kappa shape index (κ2) is 14.1. The van der Waals surface area contributed by atoms with Crippen LogP contribution in [-0.4, -0.2) is 60.9 Å². The Morgan fingerprint density at radius 2 is 1.78 bits per heavy atom. The number of aliphatic hydroxyl groups excluding tert-OH is 3. The predicted molar refractivity (Wildman–Crippen MR) is 67.1 cm³/mol. The molecule has 3 N–H and O–H groups in total. The largest absolute Gasteiger partial charge is 0.466 e. The maximum absolute atomic E-state index is 10.7. The maximum atomic E-state index is 10.7. The summed E-state index contributed by atoms with van der Waals surface area (Å²) in [6.45, 7) is 6.04. The standard InChI is InChI=1S/C8H14O3.C4H10O3/c1-4-5-7(9)6(2)8(10)11-3;5-1-3-7-4-2-6/h7,9H,2,4-5H2,1,3H3;5-6H,1-4H2. The van der Waals surface area contributed by atoms with Crippen LogP contribution in [0.25, 0.3) is 0 Å². The third-order valence-electron chi connectivity index (χ3n) is 1.88. The molecule has 0 spiro atoms. The fraction of sp³-hybridized carbons (Fsp3) is 0.750. The molecule has 0 amide bonds. The minimum atomic E-state index is -0.757. The van der Waals surface area contributed by atoms with Gasteiger partial charge in [-0.15, -0.1) is 0 Å². The lowest BCUT2D eigenvalue weighted by atomic mass is 10.1. The summed E-state index contributed by atoms with van der Waals surface area (Å²) < 4.78 is 9.01. The molecule has 0 saturated heterocycles. The van der Waals surface area contributed by atoms with Gasteiger partial charge in [0.25, 0.3) is 0 Å². The van der Waals surface area contributed by atoms with E-state index in [9.17, 15) is 9.90 Å². The van der Waals surface area contributed by atoms with Gasteiger partial charge in [-0.1, -0.05) is 19.9 Å². The lowest BCUT2D eigenvalue weighted by Gasteiger charge is -2.09. The average molecular weight is 264 g/mol. The van der Waals surface area contributed by atoms with E-state index in [-0.39, 0.29) is 18.8 Å². The molecule has 0 aliphatic heterocycles. The van der Waals surface area contributed by atoms with E-state index < -0.39 is 12.1 Å². The molecule has 1 unspecified atom stereocenters. The van der Waals surface area contributed by atoms with E-state index in [2.05, 4.69) is 16.1 Å². The van der Waals surface area contributed by atoms with Gasteiger partial charge in [-0.05, 0) is 6.42 Å². The van der Waals surface area contributed by atoms with Crippen molar-refractivity contribution in [3.05, 3.63) is 12.2 Å². The normalized spacial score (nSPS) is 11.2. The molecule has 0 aromatic heterocycles. The zero-order chi connectivity index (χ0) is 14.4. The maximum Gasteiger partial charge on any atom is 0.335 e. The number of esters is 1. The molecule has 0 aromatic rings. The van der Waals surface area contributed by atoms with Crippen LogP contribution in [0.2, 0.25) is 0 Å². The monoisotopic (exact) mass is 264 g/mol. The number of rotatable bonds is 8. The Bertz CT molecular complexity index is 213. The van der Waals surface area contributed by atoms with Crippen LogP contribution in [0.15, 0.2) is 12.2 Å². The highest BCUT2D eigenvalue weighted by molar-refractivity contribution is 5.88. The first-order valence-corrected chi connectivity index (χ1v) is 5.79. The molecule has 0 heterocycles. The Hall–Kier alpha value is -0.950. The number of hydrogen-bond acceptors (Lipinski definition) is 6. The zero-order valence-electron chi connectivity index (χ0n) is 11.1. The summed E-state index contributed by atoms with van der Waals surface area (Å²) in [6, 6.07) is 0. The Morgan fingerprint density at radius 1 is 1.28 bits per heavy atom. The SMILES string of the molecule is C=C(C(=O)OC)C(O)CCC.OCCOCCO. The minimum absolute atomic E-state index is 0.0278. The molecule has 1 atom stereocenters. The summed E-state index contributed by atoms with van der Waals surface area (Å²) in [6.07, 6.45) is 0.609. The van der Waals surface area contributed by atoms with Crippen LogP contribution in [0.1, 0.15) is 19.8 Å². The highest BCUT2D eigenvalue weighted by atomic mass is 16.5. The highest BCUT2D eigenvalue weighted by Crippen LogP contribution is 2.07. The highest BCUT2D eigenvalue weighted by Gasteiger charge is 2.15. The number of aliphatic hydroxyl groups is 3. The van der Waals surface area contributed by atoms with E-state index >= 15 is 0 Å². The molecule has 0 bridgehead atoms. The topological polar surface area (TPSA) is 96.2 Å². The molecule has 0 rings (SSSR count).